The number of aliphatic hydroxyl groups excluding tert-OH is 1. The highest BCUT2D eigenvalue weighted by Crippen LogP contribution is 2.29. The quantitative estimate of drug-likeness (QED) is 0.334. The molecule has 0 saturated heterocycles. The minimum atomic E-state index is -0.490. The van der Waals surface area contributed by atoms with Crippen molar-refractivity contribution in [1.82, 2.24) is 5.32 Å². The van der Waals surface area contributed by atoms with Gasteiger partial charge in [-0.2, -0.15) is 0 Å². The minimum Gasteiger partial charge on any atom is -0.389 e. The number of unbranched alkanes of at least 4 members (excludes halogenated alkanes) is 3. The summed E-state index contributed by atoms with van der Waals surface area (Å²) in [6, 6.07) is 10.2. The van der Waals surface area contributed by atoms with Crippen LogP contribution in [0.15, 0.2) is 54.6 Å². The molecule has 0 aromatic heterocycles. The van der Waals surface area contributed by atoms with Crippen LogP contribution in [0, 0.1) is 17.8 Å². The summed E-state index contributed by atoms with van der Waals surface area (Å²) in [6.07, 6.45) is 16.6. The average Bonchev–Trinajstić information content (AvgIpc) is 3.55. The molecule has 0 radical (unpaired) electrons. The Morgan fingerprint density at radius 1 is 1.13 bits per heavy atom. The average molecular weight is 424 g/mol. The van der Waals surface area contributed by atoms with Crippen molar-refractivity contribution >= 4 is 11.7 Å². The molecule has 0 spiro atoms. The van der Waals surface area contributed by atoms with Crippen molar-refractivity contribution in [2.24, 2.45) is 17.8 Å². The number of benzene rings is 1. The molecule has 168 valence electrons. The molecule has 4 heteroatoms. The number of allylic oxidation sites excluding steroid dienone is 3. The Hall–Kier alpha value is -2.20. The topological polar surface area (TPSA) is 66.4 Å². The lowest BCUT2D eigenvalue weighted by Crippen LogP contribution is -2.25. The predicted octanol–water partition coefficient (Wildman–Crippen LogP) is 4.77. The molecule has 2 aliphatic rings. The van der Waals surface area contributed by atoms with Crippen LogP contribution in [0.2, 0.25) is 0 Å². The molecule has 1 aromatic carbocycles. The number of hydrogen-bond acceptors (Lipinski definition) is 3. The van der Waals surface area contributed by atoms with Gasteiger partial charge in [0.25, 0.3) is 0 Å². The fourth-order valence-electron chi connectivity index (χ4n) is 4.17. The van der Waals surface area contributed by atoms with E-state index in [0.29, 0.717) is 12.8 Å². The first-order valence-electron chi connectivity index (χ1n) is 12.0. The van der Waals surface area contributed by atoms with Gasteiger partial charge in [0, 0.05) is 24.8 Å². The second-order valence-electron chi connectivity index (χ2n) is 9.12. The van der Waals surface area contributed by atoms with Crippen molar-refractivity contribution in [1.29, 1.82) is 0 Å². The Bertz CT molecular complexity index is 751. The molecule has 1 amide bonds. The van der Waals surface area contributed by atoms with Gasteiger partial charge in [-0.15, -0.1) is 0 Å². The van der Waals surface area contributed by atoms with E-state index in [1.54, 1.807) is 6.08 Å². The molecule has 4 nitrogen and oxygen atoms in total. The van der Waals surface area contributed by atoms with Crippen LogP contribution in [-0.2, 0) is 16.0 Å². The maximum absolute atomic E-state index is 12.2. The molecule has 0 heterocycles. The number of amides is 1. The monoisotopic (exact) mass is 423 g/mol. The molecule has 1 fully saturated rings. The van der Waals surface area contributed by atoms with E-state index in [1.165, 1.54) is 18.4 Å². The number of aryl methyl sites for hydroxylation is 1. The van der Waals surface area contributed by atoms with E-state index in [2.05, 4.69) is 17.4 Å². The second kappa shape index (κ2) is 12.6. The van der Waals surface area contributed by atoms with Gasteiger partial charge in [-0.1, -0.05) is 67.8 Å². The fraction of sp³-hybridized carbons (Fsp3) is 0.556. The van der Waals surface area contributed by atoms with Crippen molar-refractivity contribution in [3.8, 4) is 0 Å². The van der Waals surface area contributed by atoms with Crippen LogP contribution < -0.4 is 5.32 Å². The van der Waals surface area contributed by atoms with E-state index in [0.717, 1.165) is 51.0 Å². The summed E-state index contributed by atoms with van der Waals surface area (Å²) < 4.78 is 0. The SMILES string of the molecule is O=C(CCCCCC[C@H]1C(=O)C=C[C@@H]1/C=C/[C@@H](O)CCc1ccccc1)NCC1CC1. The number of nitrogens with one attached hydrogen (secondary N) is 1. The Labute approximate surface area is 186 Å². The molecule has 2 N–H and O–H groups in total. The van der Waals surface area contributed by atoms with Crippen molar-refractivity contribution in [2.45, 2.75) is 70.3 Å². The molecule has 0 unspecified atom stereocenters. The first-order chi connectivity index (χ1) is 15.1. The van der Waals surface area contributed by atoms with E-state index >= 15 is 0 Å². The minimum absolute atomic E-state index is 0.000543. The van der Waals surface area contributed by atoms with Gasteiger partial charge >= 0.3 is 0 Å². The zero-order valence-electron chi connectivity index (χ0n) is 18.5. The van der Waals surface area contributed by atoms with E-state index in [4.69, 9.17) is 0 Å². The summed E-state index contributed by atoms with van der Waals surface area (Å²) in [4.78, 5) is 24.0. The van der Waals surface area contributed by atoms with Crippen LogP contribution >= 0.6 is 0 Å². The van der Waals surface area contributed by atoms with Gasteiger partial charge in [-0.25, -0.2) is 0 Å². The van der Waals surface area contributed by atoms with Crippen molar-refractivity contribution < 1.29 is 14.7 Å². The smallest absolute Gasteiger partial charge is 0.220 e. The molecular weight excluding hydrogens is 386 g/mol. The van der Waals surface area contributed by atoms with Gasteiger partial charge in [0.15, 0.2) is 5.78 Å². The Morgan fingerprint density at radius 2 is 1.90 bits per heavy atom. The summed E-state index contributed by atoms with van der Waals surface area (Å²) in [7, 11) is 0. The first-order valence-corrected chi connectivity index (χ1v) is 12.0. The van der Waals surface area contributed by atoms with Gasteiger partial charge in [-0.05, 0) is 56.1 Å². The van der Waals surface area contributed by atoms with Crippen LogP contribution in [0.4, 0.5) is 0 Å². The number of ketones is 1. The van der Waals surface area contributed by atoms with Gasteiger partial charge < -0.3 is 10.4 Å². The highest BCUT2D eigenvalue weighted by molar-refractivity contribution is 5.94. The number of hydrogen-bond donors (Lipinski definition) is 2. The van der Waals surface area contributed by atoms with Crippen LogP contribution in [0.3, 0.4) is 0 Å². The summed E-state index contributed by atoms with van der Waals surface area (Å²) in [5.41, 5.74) is 1.23. The van der Waals surface area contributed by atoms with Crippen molar-refractivity contribution in [3.05, 3.63) is 60.2 Å². The Balaban J connectivity index is 1.29. The molecule has 3 rings (SSSR count). The normalized spacial score (nSPS) is 21.6. The van der Waals surface area contributed by atoms with Crippen LogP contribution in [0.1, 0.15) is 63.4 Å². The number of carbonyl (C=O) groups is 2. The maximum Gasteiger partial charge on any atom is 0.220 e. The number of rotatable bonds is 14. The third-order valence-electron chi connectivity index (χ3n) is 6.39. The lowest BCUT2D eigenvalue weighted by molar-refractivity contribution is -0.121. The molecule has 3 atom stereocenters. The third-order valence-corrected chi connectivity index (χ3v) is 6.39. The number of carbonyl (C=O) groups excluding carboxylic acids is 2. The highest BCUT2D eigenvalue weighted by Gasteiger charge is 2.27. The Kier molecular flexibility index (Phi) is 9.54. The largest absolute Gasteiger partial charge is 0.389 e. The van der Waals surface area contributed by atoms with Gasteiger partial charge in [0.1, 0.15) is 0 Å². The van der Waals surface area contributed by atoms with E-state index in [-0.39, 0.29) is 23.5 Å². The van der Waals surface area contributed by atoms with Crippen molar-refractivity contribution in [3.63, 3.8) is 0 Å². The standard InChI is InChI=1S/C27H37NO3/c29-24(17-14-21-8-4-3-5-9-21)18-15-23-16-19-26(30)25(23)10-6-1-2-7-11-27(31)28-20-22-12-13-22/h3-5,8-9,15-16,18-19,22-25,29H,1-2,6-7,10-14,17,20H2,(H,28,31)/b18-15+/t23-,24-,25+/m0/s1. The van der Waals surface area contributed by atoms with Crippen LogP contribution in [0.25, 0.3) is 0 Å². The van der Waals surface area contributed by atoms with Gasteiger partial charge in [-0.3, -0.25) is 9.59 Å². The number of aliphatic hydroxyl groups is 1. The molecule has 1 saturated carbocycles. The van der Waals surface area contributed by atoms with Crippen molar-refractivity contribution in [2.75, 3.05) is 6.54 Å². The van der Waals surface area contributed by atoms with Gasteiger partial charge in [0.2, 0.25) is 5.91 Å². The van der Waals surface area contributed by atoms with E-state index in [9.17, 15) is 14.7 Å². The zero-order valence-corrected chi connectivity index (χ0v) is 18.5. The van der Waals surface area contributed by atoms with Gasteiger partial charge in [0.05, 0.1) is 6.10 Å². The molecule has 0 aliphatic heterocycles. The summed E-state index contributed by atoms with van der Waals surface area (Å²) in [6.45, 7) is 0.853. The highest BCUT2D eigenvalue weighted by atomic mass is 16.3. The lowest BCUT2D eigenvalue weighted by atomic mass is 9.88. The molecular formula is C27H37NO3. The maximum atomic E-state index is 12.2. The van der Waals surface area contributed by atoms with Crippen LogP contribution in [0.5, 0.6) is 0 Å². The summed E-state index contributed by atoms with van der Waals surface area (Å²) in [5, 5.41) is 13.3. The molecule has 0 bridgehead atoms. The lowest BCUT2D eigenvalue weighted by Gasteiger charge is -2.15. The molecule has 1 aromatic rings. The third kappa shape index (κ3) is 8.82. The second-order valence-corrected chi connectivity index (χ2v) is 9.12. The summed E-state index contributed by atoms with van der Waals surface area (Å²) in [5.74, 6) is 1.20. The van der Waals surface area contributed by atoms with Crippen LogP contribution in [-0.4, -0.2) is 29.4 Å². The Morgan fingerprint density at radius 3 is 2.68 bits per heavy atom. The predicted molar refractivity (Wildman–Crippen MR) is 124 cm³/mol. The van der Waals surface area contributed by atoms with E-state index < -0.39 is 6.10 Å². The fourth-order valence-corrected chi connectivity index (χ4v) is 4.17. The molecule has 2 aliphatic carbocycles. The zero-order chi connectivity index (χ0) is 21.9. The first kappa shape index (κ1) is 23.5. The van der Waals surface area contributed by atoms with E-state index in [1.807, 2.05) is 36.4 Å². The molecule has 31 heavy (non-hydrogen) atoms. The summed E-state index contributed by atoms with van der Waals surface area (Å²) >= 11 is 0.